The minimum absolute atomic E-state index is 0.180. The second-order valence-electron chi connectivity index (χ2n) is 2.37. The number of hydrogen-bond acceptors (Lipinski definition) is 1. The van der Waals surface area contributed by atoms with Crippen LogP contribution in [-0.2, 0) is 4.79 Å². The summed E-state index contributed by atoms with van der Waals surface area (Å²) in [6.07, 6.45) is 1.93. The Balaban J connectivity index is 2.95. The first-order valence-corrected chi connectivity index (χ1v) is 3.45. The number of aliphatic carboxylic acids is 1. The van der Waals surface area contributed by atoms with Gasteiger partial charge >= 0.3 is 5.97 Å². The quantitative estimate of drug-likeness (QED) is 0.714. The number of carboxylic acids is 1. The van der Waals surface area contributed by atoms with Gasteiger partial charge in [-0.2, -0.15) is 0 Å². The number of carbonyl (C=O) groups is 1. The first-order chi connectivity index (χ1) is 6.08. The highest BCUT2D eigenvalue weighted by Crippen LogP contribution is 2.09. The van der Waals surface area contributed by atoms with Gasteiger partial charge < -0.3 is 5.11 Å². The van der Waals surface area contributed by atoms with Crippen LogP contribution < -0.4 is 0 Å². The summed E-state index contributed by atoms with van der Waals surface area (Å²) in [6, 6.07) is 2.81. The van der Waals surface area contributed by atoms with E-state index in [0.29, 0.717) is 0 Å². The summed E-state index contributed by atoms with van der Waals surface area (Å²) in [7, 11) is 0. The van der Waals surface area contributed by atoms with E-state index in [1.807, 2.05) is 0 Å². The average Bonchev–Trinajstić information content (AvgIpc) is 1.99. The van der Waals surface area contributed by atoms with Crippen molar-refractivity contribution in [2.45, 2.75) is 0 Å². The molecule has 0 bridgehead atoms. The van der Waals surface area contributed by atoms with Gasteiger partial charge in [-0.3, -0.25) is 0 Å². The van der Waals surface area contributed by atoms with E-state index in [4.69, 9.17) is 5.11 Å². The van der Waals surface area contributed by atoms with Crippen LogP contribution in [-0.4, -0.2) is 11.1 Å². The second kappa shape index (κ2) is 3.80. The van der Waals surface area contributed by atoms with Crippen LogP contribution >= 0.6 is 0 Å². The van der Waals surface area contributed by atoms with Gasteiger partial charge in [-0.05, 0) is 23.8 Å². The Morgan fingerprint density at radius 3 is 2.23 bits per heavy atom. The van der Waals surface area contributed by atoms with E-state index >= 15 is 0 Å². The van der Waals surface area contributed by atoms with Gasteiger partial charge in [-0.1, -0.05) is 0 Å². The molecule has 13 heavy (non-hydrogen) atoms. The Kier molecular flexibility index (Phi) is 2.74. The average molecular weight is 184 g/mol. The first-order valence-electron chi connectivity index (χ1n) is 3.45. The SMILES string of the molecule is O=C(O)C=Cc1cc(F)cc(F)c1. The van der Waals surface area contributed by atoms with Crippen molar-refractivity contribution in [2.75, 3.05) is 0 Å². The monoisotopic (exact) mass is 184 g/mol. The van der Waals surface area contributed by atoms with Crippen LogP contribution in [0.2, 0.25) is 0 Å². The standard InChI is InChI=1S/C9H6F2O2/c10-7-3-6(1-2-9(12)13)4-8(11)5-7/h1-5H,(H,12,13). The van der Waals surface area contributed by atoms with Crippen molar-refractivity contribution in [1.82, 2.24) is 0 Å². The molecule has 0 spiro atoms. The van der Waals surface area contributed by atoms with Crippen molar-refractivity contribution in [3.63, 3.8) is 0 Å². The molecule has 0 amide bonds. The zero-order valence-electron chi connectivity index (χ0n) is 6.50. The van der Waals surface area contributed by atoms with E-state index in [1.54, 1.807) is 0 Å². The molecule has 1 N–H and O–H groups in total. The zero-order chi connectivity index (χ0) is 9.84. The maximum Gasteiger partial charge on any atom is 0.328 e. The van der Waals surface area contributed by atoms with Gasteiger partial charge in [0.1, 0.15) is 11.6 Å². The highest BCUT2D eigenvalue weighted by Gasteiger charge is 1.97. The summed E-state index contributed by atoms with van der Waals surface area (Å²) in [5.41, 5.74) is 0.180. The number of carboxylic acid groups (broad SMARTS) is 1. The molecule has 0 saturated heterocycles. The van der Waals surface area contributed by atoms with E-state index in [2.05, 4.69) is 0 Å². The molecule has 0 fully saturated rings. The summed E-state index contributed by atoms with van der Waals surface area (Å²) < 4.78 is 25.1. The van der Waals surface area contributed by atoms with Crippen LogP contribution in [0.5, 0.6) is 0 Å². The first kappa shape index (κ1) is 9.38. The Labute approximate surface area is 73.1 Å². The molecule has 0 aliphatic rings. The summed E-state index contributed by atoms with van der Waals surface area (Å²) >= 11 is 0. The predicted molar refractivity (Wildman–Crippen MR) is 43.0 cm³/mol. The maximum atomic E-state index is 12.5. The predicted octanol–water partition coefficient (Wildman–Crippen LogP) is 2.06. The molecule has 0 radical (unpaired) electrons. The van der Waals surface area contributed by atoms with Crippen LogP contribution in [0.3, 0.4) is 0 Å². The van der Waals surface area contributed by atoms with Gasteiger partial charge in [-0.15, -0.1) is 0 Å². The number of hydrogen-bond donors (Lipinski definition) is 1. The molecule has 0 aliphatic heterocycles. The van der Waals surface area contributed by atoms with Gasteiger partial charge in [0.15, 0.2) is 0 Å². The minimum Gasteiger partial charge on any atom is -0.478 e. The Morgan fingerprint density at radius 1 is 1.23 bits per heavy atom. The topological polar surface area (TPSA) is 37.3 Å². The van der Waals surface area contributed by atoms with Crippen molar-refractivity contribution < 1.29 is 18.7 Å². The van der Waals surface area contributed by atoms with Crippen LogP contribution in [0.1, 0.15) is 5.56 Å². The summed E-state index contributed by atoms with van der Waals surface area (Å²) in [6.45, 7) is 0. The van der Waals surface area contributed by atoms with Gasteiger partial charge in [0.25, 0.3) is 0 Å². The Hall–Kier alpha value is -1.71. The Bertz CT molecular complexity index is 338. The molecular formula is C9H6F2O2. The minimum atomic E-state index is -1.16. The fourth-order valence-corrected chi connectivity index (χ4v) is 0.839. The van der Waals surface area contributed by atoms with Crippen LogP contribution in [0.15, 0.2) is 24.3 Å². The third-order valence-electron chi connectivity index (χ3n) is 1.30. The summed E-state index contributed by atoms with van der Waals surface area (Å²) in [4.78, 5) is 10.1. The van der Waals surface area contributed by atoms with Crippen molar-refractivity contribution in [3.05, 3.63) is 41.5 Å². The molecule has 68 valence electrons. The fraction of sp³-hybridized carbons (Fsp3) is 0. The van der Waals surface area contributed by atoms with E-state index in [9.17, 15) is 13.6 Å². The van der Waals surface area contributed by atoms with Gasteiger partial charge in [0, 0.05) is 12.1 Å². The normalized spacial score (nSPS) is 10.6. The molecule has 0 heterocycles. The lowest BCUT2D eigenvalue weighted by Gasteiger charge is -1.93. The highest BCUT2D eigenvalue weighted by atomic mass is 19.1. The highest BCUT2D eigenvalue weighted by molar-refractivity contribution is 5.85. The summed E-state index contributed by atoms with van der Waals surface area (Å²) in [5, 5.41) is 8.24. The molecule has 4 heteroatoms. The van der Waals surface area contributed by atoms with Crippen molar-refractivity contribution in [3.8, 4) is 0 Å². The second-order valence-corrected chi connectivity index (χ2v) is 2.37. The Morgan fingerprint density at radius 2 is 1.77 bits per heavy atom. The lowest BCUT2D eigenvalue weighted by Crippen LogP contribution is -1.87. The molecule has 1 aromatic rings. The van der Waals surface area contributed by atoms with Crippen molar-refractivity contribution >= 4 is 12.0 Å². The number of halogens is 2. The van der Waals surface area contributed by atoms with Gasteiger partial charge in [0.2, 0.25) is 0 Å². The lowest BCUT2D eigenvalue weighted by molar-refractivity contribution is -0.131. The van der Waals surface area contributed by atoms with E-state index in [1.165, 1.54) is 0 Å². The molecule has 1 rings (SSSR count). The smallest absolute Gasteiger partial charge is 0.328 e. The van der Waals surface area contributed by atoms with Crippen LogP contribution in [0, 0.1) is 11.6 Å². The zero-order valence-corrected chi connectivity index (χ0v) is 6.50. The maximum absolute atomic E-state index is 12.5. The molecule has 0 aliphatic carbocycles. The molecule has 0 aromatic heterocycles. The third kappa shape index (κ3) is 3.02. The van der Waals surface area contributed by atoms with Crippen LogP contribution in [0.25, 0.3) is 6.08 Å². The van der Waals surface area contributed by atoms with Gasteiger partial charge in [0.05, 0.1) is 0 Å². The van der Waals surface area contributed by atoms with Gasteiger partial charge in [-0.25, -0.2) is 13.6 Å². The van der Waals surface area contributed by atoms with E-state index < -0.39 is 17.6 Å². The molecule has 2 nitrogen and oxygen atoms in total. The lowest BCUT2D eigenvalue weighted by atomic mass is 10.2. The molecular weight excluding hydrogens is 178 g/mol. The van der Waals surface area contributed by atoms with Crippen LogP contribution in [0.4, 0.5) is 8.78 Å². The number of rotatable bonds is 2. The number of benzene rings is 1. The fourth-order valence-electron chi connectivity index (χ4n) is 0.839. The third-order valence-corrected chi connectivity index (χ3v) is 1.30. The van der Waals surface area contributed by atoms with E-state index in [-0.39, 0.29) is 5.56 Å². The van der Waals surface area contributed by atoms with Crippen molar-refractivity contribution in [1.29, 1.82) is 0 Å². The molecule has 0 atom stereocenters. The van der Waals surface area contributed by atoms with E-state index in [0.717, 1.165) is 30.4 Å². The van der Waals surface area contributed by atoms with Crippen molar-refractivity contribution in [2.24, 2.45) is 0 Å². The summed E-state index contributed by atoms with van der Waals surface area (Å²) in [5.74, 6) is -2.63. The molecule has 0 saturated carbocycles. The molecule has 0 unspecified atom stereocenters. The largest absolute Gasteiger partial charge is 0.478 e. The molecule has 1 aromatic carbocycles.